The summed E-state index contributed by atoms with van der Waals surface area (Å²) in [7, 11) is 3.62. The minimum Gasteiger partial charge on any atom is -0.324 e. The number of halogens is 1. The summed E-state index contributed by atoms with van der Waals surface area (Å²) in [4.78, 5) is 13.3. The van der Waals surface area contributed by atoms with Crippen LogP contribution in [0.4, 0.5) is 5.69 Å². The van der Waals surface area contributed by atoms with E-state index in [1.807, 2.05) is 20.2 Å². The molecule has 1 rings (SSSR count). The molecule has 0 heterocycles. The van der Waals surface area contributed by atoms with Crippen molar-refractivity contribution in [3.8, 4) is 6.07 Å². The first kappa shape index (κ1) is 12.7. The van der Waals surface area contributed by atoms with E-state index in [1.54, 1.807) is 23.1 Å². The number of benzene rings is 1. The largest absolute Gasteiger partial charge is 0.324 e. The molecule has 84 valence electrons. The first-order chi connectivity index (χ1) is 7.52. The molecule has 0 atom stereocenters. The molecule has 0 aromatic heterocycles. The van der Waals surface area contributed by atoms with E-state index in [2.05, 4.69) is 21.2 Å². The first-order valence-electron chi connectivity index (χ1n) is 4.67. The Morgan fingerprint density at radius 2 is 2.25 bits per heavy atom. The molecule has 0 aliphatic carbocycles. The fraction of sp³-hybridized carbons (Fsp3) is 0.273. The van der Waals surface area contributed by atoms with E-state index < -0.39 is 0 Å². The molecule has 16 heavy (non-hydrogen) atoms. The highest BCUT2D eigenvalue weighted by atomic mass is 79.9. The molecular weight excluding hydrogens is 270 g/mol. The lowest BCUT2D eigenvalue weighted by Gasteiger charge is -2.11. The van der Waals surface area contributed by atoms with Gasteiger partial charge in [-0.2, -0.15) is 5.26 Å². The van der Waals surface area contributed by atoms with Crippen LogP contribution >= 0.6 is 15.9 Å². The number of nitrogens with zero attached hydrogens (tertiary/aromatic N) is 2. The van der Waals surface area contributed by atoms with Gasteiger partial charge in [0.2, 0.25) is 5.91 Å². The van der Waals surface area contributed by atoms with Gasteiger partial charge in [-0.1, -0.05) is 15.9 Å². The van der Waals surface area contributed by atoms with Gasteiger partial charge in [0.25, 0.3) is 0 Å². The second-order valence-electron chi connectivity index (χ2n) is 3.59. The standard InChI is InChI=1S/C11H12BrN3O/c1-15(2)7-11(16)14-10-5-9(12)4-3-8(10)6-13/h3-5H,7H2,1-2H3,(H,14,16). The fourth-order valence-electron chi connectivity index (χ4n) is 1.19. The van der Waals surface area contributed by atoms with Crippen LogP contribution in [0.15, 0.2) is 22.7 Å². The summed E-state index contributed by atoms with van der Waals surface area (Å²) in [5.74, 6) is -0.139. The summed E-state index contributed by atoms with van der Waals surface area (Å²) in [6.45, 7) is 0.289. The molecule has 0 unspecified atom stereocenters. The van der Waals surface area contributed by atoms with E-state index in [0.29, 0.717) is 11.3 Å². The third-order valence-corrected chi connectivity index (χ3v) is 2.33. The molecule has 1 N–H and O–H groups in total. The Labute approximate surface area is 103 Å². The first-order valence-corrected chi connectivity index (χ1v) is 5.46. The predicted molar refractivity (Wildman–Crippen MR) is 66.0 cm³/mol. The summed E-state index contributed by atoms with van der Waals surface area (Å²) in [5, 5.41) is 11.6. The Morgan fingerprint density at radius 3 is 2.81 bits per heavy atom. The molecule has 0 aliphatic heterocycles. The van der Waals surface area contributed by atoms with Crippen LogP contribution in [-0.4, -0.2) is 31.4 Å². The average molecular weight is 282 g/mol. The number of rotatable bonds is 3. The van der Waals surface area contributed by atoms with Crippen molar-refractivity contribution >= 4 is 27.5 Å². The topological polar surface area (TPSA) is 56.1 Å². The molecule has 0 bridgehead atoms. The normalized spacial score (nSPS) is 9.94. The quantitative estimate of drug-likeness (QED) is 0.920. The van der Waals surface area contributed by atoms with Gasteiger partial charge in [-0.15, -0.1) is 0 Å². The Morgan fingerprint density at radius 1 is 1.56 bits per heavy atom. The van der Waals surface area contributed by atoms with Crippen LogP contribution in [0.2, 0.25) is 0 Å². The van der Waals surface area contributed by atoms with Crippen LogP contribution in [0.1, 0.15) is 5.56 Å². The van der Waals surface area contributed by atoms with E-state index in [4.69, 9.17) is 5.26 Å². The van der Waals surface area contributed by atoms with Crippen LogP contribution in [-0.2, 0) is 4.79 Å². The van der Waals surface area contributed by atoms with Crippen molar-refractivity contribution in [3.05, 3.63) is 28.2 Å². The zero-order valence-electron chi connectivity index (χ0n) is 9.12. The van der Waals surface area contributed by atoms with E-state index in [0.717, 1.165) is 4.47 Å². The lowest BCUT2D eigenvalue weighted by atomic mass is 10.2. The van der Waals surface area contributed by atoms with Crippen LogP contribution in [0.5, 0.6) is 0 Å². The third kappa shape index (κ3) is 3.65. The van der Waals surface area contributed by atoms with Crippen molar-refractivity contribution in [2.75, 3.05) is 26.0 Å². The van der Waals surface area contributed by atoms with E-state index in [1.165, 1.54) is 0 Å². The van der Waals surface area contributed by atoms with Crippen molar-refractivity contribution in [3.63, 3.8) is 0 Å². The zero-order chi connectivity index (χ0) is 12.1. The molecule has 5 heteroatoms. The van der Waals surface area contributed by atoms with E-state index >= 15 is 0 Å². The Balaban J connectivity index is 2.84. The van der Waals surface area contributed by atoms with Gasteiger partial charge < -0.3 is 10.2 Å². The van der Waals surface area contributed by atoms with Gasteiger partial charge in [0.1, 0.15) is 6.07 Å². The summed E-state index contributed by atoms with van der Waals surface area (Å²) < 4.78 is 0.826. The molecule has 0 saturated carbocycles. The lowest BCUT2D eigenvalue weighted by molar-refractivity contribution is -0.116. The molecule has 0 saturated heterocycles. The highest BCUT2D eigenvalue weighted by Gasteiger charge is 2.07. The summed E-state index contributed by atoms with van der Waals surface area (Å²) in [5.41, 5.74) is 0.985. The molecule has 0 fully saturated rings. The average Bonchev–Trinajstić information content (AvgIpc) is 2.16. The van der Waals surface area contributed by atoms with Crippen molar-refractivity contribution in [1.82, 2.24) is 4.90 Å². The van der Waals surface area contributed by atoms with Gasteiger partial charge in [0.15, 0.2) is 0 Å². The number of hydrogen-bond acceptors (Lipinski definition) is 3. The second-order valence-corrected chi connectivity index (χ2v) is 4.50. The molecule has 1 aromatic carbocycles. The number of carbonyl (C=O) groups is 1. The Kier molecular flexibility index (Phi) is 4.47. The fourth-order valence-corrected chi connectivity index (χ4v) is 1.56. The molecule has 0 radical (unpaired) electrons. The van der Waals surface area contributed by atoms with Crippen LogP contribution in [0.3, 0.4) is 0 Å². The molecular formula is C11H12BrN3O. The summed E-state index contributed by atoms with van der Waals surface area (Å²) >= 11 is 3.30. The number of amides is 1. The van der Waals surface area contributed by atoms with Gasteiger partial charge in [0, 0.05) is 4.47 Å². The van der Waals surface area contributed by atoms with Crippen molar-refractivity contribution in [2.45, 2.75) is 0 Å². The number of likely N-dealkylation sites (N-methyl/N-ethyl adjacent to an activating group) is 1. The van der Waals surface area contributed by atoms with Gasteiger partial charge in [-0.05, 0) is 32.3 Å². The summed E-state index contributed by atoms with van der Waals surface area (Å²) in [6, 6.07) is 7.17. The highest BCUT2D eigenvalue weighted by molar-refractivity contribution is 9.10. The van der Waals surface area contributed by atoms with Crippen LogP contribution in [0.25, 0.3) is 0 Å². The maximum absolute atomic E-state index is 11.5. The predicted octanol–water partition coefficient (Wildman–Crippen LogP) is 1.82. The molecule has 4 nitrogen and oxygen atoms in total. The molecule has 1 amide bonds. The van der Waals surface area contributed by atoms with Crippen molar-refractivity contribution in [2.24, 2.45) is 0 Å². The lowest BCUT2D eigenvalue weighted by Crippen LogP contribution is -2.27. The number of nitrogens with one attached hydrogen (secondary N) is 1. The minimum absolute atomic E-state index is 0.139. The third-order valence-electron chi connectivity index (χ3n) is 1.84. The van der Waals surface area contributed by atoms with E-state index in [-0.39, 0.29) is 12.5 Å². The molecule has 1 aromatic rings. The molecule has 0 aliphatic rings. The smallest absolute Gasteiger partial charge is 0.238 e. The summed E-state index contributed by atoms with van der Waals surface area (Å²) in [6.07, 6.45) is 0. The number of nitriles is 1. The van der Waals surface area contributed by atoms with E-state index in [9.17, 15) is 4.79 Å². The van der Waals surface area contributed by atoms with Gasteiger partial charge >= 0.3 is 0 Å². The Hall–Kier alpha value is -1.38. The van der Waals surface area contributed by atoms with Crippen LogP contribution in [0, 0.1) is 11.3 Å². The minimum atomic E-state index is -0.139. The zero-order valence-corrected chi connectivity index (χ0v) is 10.7. The SMILES string of the molecule is CN(C)CC(=O)Nc1cc(Br)ccc1C#N. The molecule has 0 spiro atoms. The highest BCUT2D eigenvalue weighted by Crippen LogP contribution is 2.20. The van der Waals surface area contributed by atoms with Gasteiger partial charge in [-0.3, -0.25) is 4.79 Å². The van der Waals surface area contributed by atoms with Crippen molar-refractivity contribution in [1.29, 1.82) is 5.26 Å². The van der Waals surface area contributed by atoms with Gasteiger partial charge in [0.05, 0.1) is 17.8 Å². The number of carbonyl (C=O) groups excluding carboxylic acids is 1. The second kappa shape index (κ2) is 5.64. The maximum atomic E-state index is 11.5. The monoisotopic (exact) mass is 281 g/mol. The number of anilines is 1. The van der Waals surface area contributed by atoms with Gasteiger partial charge in [-0.25, -0.2) is 0 Å². The number of hydrogen-bond donors (Lipinski definition) is 1. The van der Waals surface area contributed by atoms with Crippen LogP contribution < -0.4 is 5.32 Å². The maximum Gasteiger partial charge on any atom is 0.238 e. The Bertz CT molecular complexity index is 437. The van der Waals surface area contributed by atoms with Crippen molar-refractivity contribution < 1.29 is 4.79 Å².